The molecule has 0 bridgehead atoms. The Balaban J connectivity index is 1.76. The maximum Gasteiger partial charge on any atom is 0.277 e. The van der Waals surface area contributed by atoms with E-state index in [9.17, 15) is 18.4 Å². The fourth-order valence-corrected chi connectivity index (χ4v) is 3.39. The summed E-state index contributed by atoms with van der Waals surface area (Å²) in [6.45, 7) is 1.65. The van der Waals surface area contributed by atoms with Gasteiger partial charge in [0.15, 0.2) is 5.01 Å². The van der Waals surface area contributed by atoms with Crippen LogP contribution in [0, 0.1) is 17.6 Å². The molecule has 2 amide bonds. The monoisotopic (exact) mass is 337 g/mol. The van der Waals surface area contributed by atoms with Gasteiger partial charge < -0.3 is 11.1 Å². The maximum atomic E-state index is 13.9. The van der Waals surface area contributed by atoms with Gasteiger partial charge in [-0.1, -0.05) is 24.3 Å². The molecule has 0 aliphatic heterocycles. The number of nitrogens with one attached hydrogen (secondary N) is 1. The number of thiazole rings is 1. The summed E-state index contributed by atoms with van der Waals surface area (Å²) in [6.07, 6.45) is 1.67. The Bertz CT molecular complexity index is 788. The summed E-state index contributed by atoms with van der Waals surface area (Å²) in [7, 11) is 0. The molecular weight excluding hydrogens is 324 g/mol. The van der Waals surface area contributed by atoms with Crippen molar-refractivity contribution in [3.63, 3.8) is 0 Å². The van der Waals surface area contributed by atoms with Crippen molar-refractivity contribution in [1.82, 2.24) is 4.98 Å². The molecule has 1 saturated carbocycles. The molecule has 3 N–H and O–H groups in total. The van der Waals surface area contributed by atoms with Gasteiger partial charge in [0.05, 0.1) is 6.20 Å². The number of hydrogen-bond donors (Lipinski definition) is 2. The number of carbonyl (C=O) groups is 2. The van der Waals surface area contributed by atoms with Crippen LogP contribution in [0.3, 0.4) is 0 Å². The second-order valence-electron chi connectivity index (χ2n) is 5.65. The van der Waals surface area contributed by atoms with Gasteiger partial charge in [0.2, 0.25) is 5.91 Å². The number of rotatable bonds is 4. The second kappa shape index (κ2) is 5.38. The SMILES string of the molecule is CC1(c2c(F)cccc2F)CC1C(=O)Nc1cnc(C(N)=O)s1. The molecule has 1 aromatic carbocycles. The lowest BCUT2D eigenvalue weighted by Crippen LogP contribution is -2.20. The summed E-state index contributed by atoms with van der Waals surface area (Å²) in [6, 6.07) is 3.65. The third-order valence-electron chi connectivity index (χ3n) is 4.05. The molecule has 2 unspecified atom stereocenters. The van der Waals surface area contributed by atoms with E-state index in [-0.39, 0.29) is 16.5 Å². The van der Waals surface area contributed by atoms with E-state index in [0.717, 1.165) is 11.3 Å². The molecule has 120 valence electrons. The van der Waals surface area contributed by atoms with E-state index in [1.807, 2.05) is 0 Å². The van der Waals surface area contributed by atoms with Crippen molar-refractivity contribution >= 4 is 28.2 Å². The normalized spacial score (nSPS) is 22.7. The fraction of sp³-hybridized carbons (Fsp3) is 0.267. The molecule has 2 aromatic rings. The molecule has 1 aliphatic carbocycles. The van der Waals surface area contributed by atoms with Gasteiger partial charge in [-0.2, -0.15) is 0 Å². The smallest absolute Gasteiger partial charge is 0.277 e. The standard InChI is InChI=1S/C15H13F2N3O2S/c1-15(11-8(16)3-2-4-9(11)17)5-7(15)13(22)20-10-6-19-14(23-10)12(18)21/h2-4,6-7H,5H2,1H3,(H2,18,21)(H,20,22). The predicted molar refractivity (Wildman–Crippen MR) is 81.1 cm³/mol. The van der Waals surface area contributed by atoms with Crippen LogP contribution in [0.4, 0.5) is 13.8 Å². The van der Waals surface area contributed by atoms with Gasteiger partial charge in [-0.15, -0.1) is 0 Å². The summed E-state index contributed by atoms with van der Waals surface area (Å²) in [5.74, 6) is -2.91. The Labute approximate surface area is 134 Å². The maximum absolute atomic E-state index is 13.9. The number of nitrogens with zero attached hydrogens (tertiary/aromatic N) is 1. The van der Waals surface area contributed by atoms with Crippen molar-refractivity contribution in [3.8, 4) is 0 Å². The molecule has 2 atom stereocenters. The second-order valence-corrected chi connectivity index (χ2v) is 6.68. The van der Waals surface area contributed by atoms with E-state index in [1.54, 1.807) is 6.92 Å². The van der Waals surface area contributed by atoms with Crippen molar-refractivity contribution in [2.75, 3.05) is 5.32 Å². The van der Waals surface area contributed by atoms with Crippen molar-refractivity contribution in [1.29, 1.82) is 0 Å². The number of amides is 2. The van der Waals surface area contributed by atoms with Crippen LogP contribution in [-0.2, 0) is 10.2 Å². The molecule has 23 heavy (non-hydrogen) atoms. The molecule has 1 fully saturated rings. The molecule has 1 heterocycles. The van der Waals surface area contributed by atoms with E-state index in [1.165, 1.54) is 24.4 Å². The van der Waals surface area contributed by atoms with Crippen LogP contribution in [0.25, 0.3) is 0 Å². The molecule has 0 spiro atoms. The Hall–Kier alpha value is -2.35. The lowest BCUT2D eigenvalue weighted by molar-refractivity contribution is -0.117. The minimum Gasteiger partial charge on any atom is -0.364 e. The van der Waals surface area contributed by atoms with Crippen LogP contribution in [0.15, 0.2) is 24.4 Å². The highest BCUT2D eigenvalue weighted by Gasteiger charge is 2.57. The number of halogens is 2. The first-order chi connectivity index (χ1) is 10.8. The Morgan fingerprint density at radius 1 is 1.39 bits per heavy atom. The van der Waals surface area contributed by atoms with Crippen LogP contribution in [0.1, 0.15) is 28.7 Å². The summed E-state index contributed by atoms with van der Waals surface area (Å²) >= 11 is 0.951. The summed E-state index contributed by atoms with van der Waals surface area (Å²) < 4.78 is 27.8. The molecule has 1 aromatic heterocycles. The largest absolute Gasteiger partial charge is 0.364 e. The molecule has 8 heteroatoms. The summed E-state index contributed by atoms with van der Waals surface area (Å²) in [4.78, 5) is 27.0. The topological polar surface area (TPSA) is 85.1 Å². The lowest BCUT2D eigenvalue weighted by atomic mass is 9.94. The first-order valence-electron chi connectivity index (χ1n) is 6.84. The van der Waals surface area contributed by atoms with Gasteiger partial charge >= 0.3 is 0 Å². The van der Waals surface area contributed by atoms with Crippen LogP contribution >= 0.6 is 11.3 Å². The van der Waals surface area contributed by atoms with Gasteiger partial charge in [-0.3, -0.25) is 9.59 Å². The molecule has 1 aliphatic rings. The number of carbonyl (C=O) groups excluding carboxylic acids is 2. The molecule has 0 radical (unpaired) electrons. The minimum absolute atomic E-state index is 0.0673. The van der Waals surface area contributed by atoms with E-state index < -0.39 is 28.9 Å². The third-order valence-corrected chi connectivity index (χ3v) is 4.98. The van der Waals surface area contributed by atoms with Gasteiger partial charge in [-0.05, 0) is 18.6 Å². The van der Waals surface area contributed by atoms with E-state index in [0.29, 0.717) is 11.4 Å². The summed E-state index contributed by atoms with van der Waals surface area (Å²) in [5, 5.41) is 3.06. The van der Waals surface area contributed by atoms with Gasteiger partial charge in [0.1, 0.15) is 16.6 Å². The first kappa shape index (κ1) is 15.5. The van der Waals surface area contributed by atoms with Crippen LogP contribution in [0.2, 0.25) is 0 Å². The third kappa shape index (κ3) is 2.70. The highest BCUT2D eigenvalue weighted by molar-refractivity contribution is 7.17. The quantitative estimate of drug-likeness (QED) is 0.898. The zero-order valence-corrected chi connectivity index (χ0v) is 12.9. The fourth-order valence-electron chi connectivity index (χ4n) is 2.72. The first-order valence-corrected chi connectivity index (χ1v) is 7.65. The number of aromatic nitrogens is 1. The minimum atomic E-state index is -0.878. The number of benzene rings is 1. The number of nitrogens with two attached hydrogens (primary N) is 1. The van der Waals surface area contributed by atoms with Crippen LogP contribution in [0.5, 0.6) is 0 Å². The van der Waals surface area contributed by atoms with E-state index >= 15 is 0 Å². The van der Waals surface area contributed by atoms with E-state index in [4.69, 9.17) is 5.73 Å². The van der Waals surface area contributed by atoms with Crippen molar-refractivity contribution in [3.05, 3.63) is 46.6 Å². The van der Waals surface area contributed by atoms with Crippen molar-refractivity contribution in [2.45, 2.75) is 18.8 Å². The molecule has 0 saturated heterocycles. The van der Waals surface area contributed by atoms with Crippen LogP contribution in [-0.4, -0.2) is 16.8 Å². The number of hydrogen-bond acceptors (Lipinski definition) is 4. The van der Waals surface area contributed by atoms with Crippen LogP contribution < -0.4 is 11.1 Å². The van der Waals surface area contributed by atoms with Crippen molar-refractivity contribution < 1.29 is 18.4 Å². The van der Waals surface area contributed by atoms with E-state index in [2.05, 4.69) is 10.3 Å². The number of anilines is 1. The van der Waals surface area contributed by atoms with Gasteiger partial charge in [0.25, 0.3) is 5.91 Å². The Kier molecular flexibility index (Phi) is 3.63. The van der Waals surface area contributed by atoms with Crippen molar-refractivity contribution in [2.24, 2.45) is 11.7 Å². The zero-order chi connectivity index (χ0) is 16.8. The predicted octanol–water partition coefficient (Wildman–Crippen LogP) is 2.44. The summed E-state index contributed by atoms with van der Waals surface area (Å²) in [5.41, 5.74) is 4.15. The molecular formula is C15H13F2N3O2S. The van der Waals surface area contributed by atoms with Gasteiger partial charge in [0, 0.05) is 16.9 Å². The highest BCUT2D eigenvalue weighted by Crippen LogP contribution is 2.55. The van der Waals surface area contributed by atoms with Gasteiger partial charge in [-0.25, -0.2) is 13.8 Å². The Morgan fingerprint density at radius 2 is 2.04 bits per heavy atom. The lowest BCUT2D eigenvalue weighted by Gasteiger charge is -2.13. The molecule has 5 nitrogen and oxygen atoms in total. The zero-order valence-electron chi connectivity index (χ0n) is 12.1. The molecule has 3 rings (SSSR count). The highest BCUT2D eigenvalue weighted by atomic mass is 32.1. The Morgan fingerprint density at radius 3 is 2.61 bits per heavy atom. The number of primary amides is 1. The average molecular weight is 337 g/mol. The average Bonchev–Trinajstić information content (AvgIpc) is 2.93.